The molecule has 0 radical (unpaired) electrons. The molecular formula is C21H26ClF3N2O4. The summed E-state index contributed by atoms with van der Waals surface area (Å²) in [5.41, 5.74) is 0.759. The molecule has 1 saturated heterocycles. The summed E-state index contributed by atoms with van der Waals surface area (Å²) >= 11 is 5.95. The standard InChI is InChI=1S/C21H26ClF3N2O4/c1-3-17(11-26(13(2)28)12-21(23,24)25)27-18(14-4-7-16(22)8-5-14)9-6-15(20(27)31)10-19(29)30/h4-5,7-8,15,17-18H,3,6,9-12H2,1-2H3,(H,29,30)/t15-,17+,18?/m1/s1. The first-order chi connectivity index (χ1) is 14.4. The van der Waals surface area contributed by atoms with Gasteiger partial charge in [0.25, 0.3) is 0 Å². The van der Waals surface area contributed by atoms with Gasteiger partial charge < -0.3 is 14.9 Å². The van der Waals surface area contributed by atoms with Gasteiger partial charge in [0, 0.05) is 30.5 Å². The largest absolute Gasteiger partial charge is 0.481 e. The van der Waals surface area contributed by atoms with Crippen LogP contribution < -0.4 is 0 Å². The Morgan fingerprint density at radius 1 is 1.26 bits per heavy atom. The minimum absolute atomic E-state index is 0.291. The zero-order valence-corrected chi connectivity index (χ0v) is 18.1. The normalized spacial score (nSPS) is 20.5. The highest BCUT2D eigenvalue weighted by Gasteiger charge is 2.42. The van der Waals surface area contributed by atoms with E-state index in [1.54, 1.807) is 31.2 Å². The molecule has 172 valence electrons. The van der Waals surface area contributed by atoms with E-state index in [9.17, 15) is 27.6 Å². The number of piperidine rings is 1. The summed E-state index contributed by atoms with van der Waals surface area (Å²) < 4.78 is 38.9. The quantitative estimate of drug-likeness (QED) is 0.625. The van der Waals surface area contributed by atoms with Crippen molar-refractivity contribution < 1.29 is 32.7 Å². The van der Waals surface area contributed by atoms with E-state index in [1.807, 2.05) is 0 Å². The Kier molecular flexibility index (Phi) is 8.34. The molecule has 3 atom stereocenters. The molecule has 1 aliphatic heterocycles. The SMILES string of the molecule is CC[C@@H](CN(CC(F)(F)F)C(C)=O)N1C(=O)[C@@H](CC(=O)O)CCC1c1ccc(Cl)cc1. The Hall–Kier alpha value is -2.29. The van der Waals surface area contributed by atoms with Crippen LogP contribution >= 0.6 is 11.6 Å². The smallest absolute Gasteiger partial charge is 0.406 e. The maximum Gasteiger partial charge on any atom is 0.406 e. The van der Waals surface area contributed by atoms with Gasteiger partial charge >= 0.3 is 12.1 Å². The average molecular weight is 463 g/mol. The van der Waals surface area contributed by atoms with Gasteiger partial charge in [-0.25, -0.2) is 0 Å². The lowest BCUT2D eigenvalue weighted by atomic mass is 9.85. The molecule has 10 heteroatoms. The fourth-order valence-corrected chi connectivity index (χ4v) is 4.15. The third-order valence-electron chi connectivity index (χ3n) is 5.52. The van der Waals surface area contributed by atoms with Crippen molar-refractivity contribution in [2.75, 3.05) is 13.1 Å². The monoisotopic (exact) mass is 462 g/mol. The van der Waals surface area contributed by atoms with Gasteiger partial charge in [0.1, 0.15) is 6.54 Å². The van der Waals surface area contributed by atoms with E-state index in [1.165, 1.54) is 4.90 Å². The highest BCUT2D eigenvalue weighted by atomic mass is 35.5. The van der Waals surface area contributed by atoms with E-state index in [2.05, 4.69) is 0 Å². The van der Waals surface area contributed by atoms with Crippen molar-refractivity contribution in [3.05, 3.63) is 34.9 Å². The predicted octanol–water partition coefficient (Wildman–Crippen LogP) is 4.28. The number of hydrogen-bond acceptors (Lipinski definition) is 3. The summed E-state index contributed by atoms with van der Waals surface area (Å²) in [5, 5.41) is 9.66. The van der Waals surface area contributed by atoms with Crippen molar-refractivity contribution in [2.45, 2.75) is 57.8 Å². The molecule has 31 heavy (non-hydrogen) atoms. The Balaban J connectivity index is 2.39. The van der Waals surface area contributed by atoms with Crippen LogP contribution in [0.3, 0.4) is 0 Å². The lowest BCUT2D eigenvalue weighted by Gasteiger charge is -2.45. The molecule has 1 unspecified atom stereocenters. The highest BCUT2D eigenvalue weighted by molar-refractivity contribution is 6.30. The second-order valence-electron chi connectivity index (χ2n) is 7.76. The van der Waals surface area contributed by atoms with Gasteiger partial charge in [0.2, 0.25) is 11.8 Å². The first kappa shape index (κ1) is 25.0. The number of benzene rings is 1. The molecule has 1 aromatic carbocycles. The minimum Gasteiger partial charge on any atom is -0.481 e. The number of carbonyl (C=O) groups excluding carboxylic acids is 2. The van der Waals surface area contributed by atoms with E-state index in [0.717, 1.165) is 12.5 Å². The Labute approximate surface area is 183 Å². The number of rotatable bonds is 8. The topological polar surface area (TPSA) is 77.9 Å². The zero-order valence-electron chi connectivity index (χ0n) is 17.4. The number of amides is 2. The van der Waals surface area contributed by atoms with Crippen LogP contribution in [0, 0.1) is 5.92 Å². The van der Waals surface area contributed by atoms with E-state index >= 15 is 0 Å². The van der Waals surface area contributed by atoms with Crippen LogP contribution in [0.15, 0.2) is 24.3 Å². The molecule has 0 aliphatic carbocycles. The fraction of sp³-hybridized carbons (Fsp3) is 0.571. The number of halogens is 4. The number of carbonyl (C=O) groups is 3. The summed E-state index contributed by atoms with van der Waals surface area (Å²) in [6.07, 6.45) is -3.81. The molecule has 1 aliphatic rings. The average Bonchev–Trinajstić information content (AvgIpc) is 2.66. The number of aliphatic carboxylic acids is 1. The van der Waals surface area contributed by atoms with Crippen LogP contribution in [-0.4, -0.2) is 58.0 Å². The van der Waals surface area contributed by atoms with Crippen molar-refractivity contribution in [3.63, 3.8) is 0 Å². The lowest BCUT2D eigenvalue weighted by Crippen LogP contribution is -2.54. The minimum atomic E-state index is -4.57. The number of hydrogen-bond donors (Lipinski definition) is 1. The van der Waals surface area contributed by atoms with Gasteiger partial charge in [0.05, 0.1) is 12.5 Å². The maximum atomic E-state index is 13.3. The summed E-state index contributed by atoms with van der Waals surface area (Å²) in [5.74, 6) is -3.04. The van der Waals surface area contributed by atoms with Crippen LogP contribution in [0.2, 0.25) is 5.02 Å². The van der Waals surface area contributed by atoms with Crippen molar-refractivity contribution in [1.29, 1.82) is 0 Å². The highest BCUT2D eigenvalue weighted by Crippen LogP contribution is 2.38. The van der Waals surface area contributed by atoms with Crippen molar-refractivity contribution in [2.24, 2.45) is 5.92 Å². The Morgan fingerprint density at radius 2 is 1.87 bits per heavy atom. The molecule has 0 aromatic heterocycles. The Morgan fingerprint density at radius 3 is 2.35 bits per heavy atom. The molecule has 1 fully saturated rings. The molecule has 0 spiro atoms. The second kappa shape index (κ2) is 10.3. The zero-order chi connectivity index (χ0) is 23.3. The van der Waals surface area contributed by atoms with Gasteiger partial charge in [-0.3, -0.25) is 14.4 Å². The van der Waals surface area contributed by atoms with Gasteiger partial charge in [-0.05, 0) is 37.0 Å². The number of carboxylic acid groups (broad SMARTS) is 1. The predicted molar refractivity (Wildman–Crippen MR) is 108 cm³/mol. The van der Waals surface area contributed by atoms with Crippen LogP contribution in [0.25, 0.3) is 0 Å². The van der Waals surface area contributed by atoms with Crippen molar-refractivity contribution in [1.82, 2.24) is 9.80 Å². The van der Waals surface area contributed by atoms with Gasteiger partial charge in [0.15, 0.2) is 0 Å². The van der Waals surface area contributed by atoms with E-state index in [4.69, 9.17) is 16.7 Å². The van der Waals surface area contributed by atoms with E-state index in [0.29, 0.717) is 29.2 Å². The van der Waals surface area contributed by atoms with Gasteiger partial charge in [-0.2, -0.15) is 13.2 Å². The molecule has 1 heterocycles. The van der Waals surface area contributed by atoms with Crippen LogP contribution in [0.4, 0.5) is 13.2 Å². The third kappa shape index (κ3) is 6.85. The van der Waals surface area contributed by atoms with Crippen molar-refractivity contribution in [3.8, 4) is 0 Å². The number of alkyl halides is 3. The van der Waals surface area contributed by atoms with Crippen LogP contribution in [0.5, 0.6) is 0 Å². The summed E-state index contributed by atoms with van der Waals surface area (Å²) in [4.78, 5) is 38.5. The number of carboxylic acids is 1. The molecule has 6 nitrogen and oxygen atoms in total. The molecule has 2 amide bonds. The van der Waals surface area contributed by atoms with E-state index < -0.39 is 48.5 Å². The first-order valence-electron chi connectivity index (χ1n) is 10.0. The molecule has 1 N–H and O–H groups in total. The molecular weight excluding hydrogens is 437 g/mol. The van der Waals surface area contributed by atoms with Crippen molar-refractivity contribution >= 4 is 29.4 Å². The molecule has 2 rings (SSSR count). The second-order valence-corrected chi connectivity index (χ2v) is 8.20. The van der Waals surface area contributed by atoms with E-state index in [-0.39, 0.29) is 13.0 Å². The number of nitrogens with zero attached hydrogens (tertiary/aromatic N) is 2. The molecule has 1 aromatic rings. The molecule has 0 saturated carbocycles. The molecule has 0 bridgehead atoms. The summed E-state index contributed by atoms with van der Waals surface area (Å²) in [7, 11) is 0. The summed E-state index contributed by atoms with van der Waals surface area (Å²) in [6.45, 7) is 1.08. The summed E-state index contributed by atoms with van der Waals surface area (Å²) in [6, 6.07) is 5.67. The Bertz CT molecular complexity index is 801. The van der Waals surface area contributed by atoms with Crippen LogP contribution in [0.1, 0.15) is 51.1 Å². The van der Waals surface area contributed by atoms with Gasteiger partial charge in [-0.15, -0.1) is 0 Å². The van der Waals surface area contributed by atoms with Crippen LogP contribution in [-0.2, 0) is 14.4 Å². The van der Waals surface area contributed by atoms with Gasteiger partial charge in [-0.1, -0.05) is 30.7 Å². The fourth-order valence-electron chi connectivity index (χ4n) is 4.02. The maximum absolute atomic E-state index is 13.3. The lowest BCUT2D eigenvalue weighted by molar-refractivity contribution is -0.164. The third-order valence-corrected chi connectivity index (χ3v) is 5.77. The first-order valence-corrected chi connectivity index (χ1v) is 10.4. The number of likely N-dealkylation sites (tertiary alicyclic amines) is 1.